The Morgan fingerprint density at radius 3 is 3.00 bits per heavy atom. The number of nitrogens with one attached hydrogen (secondary N) is 1. The number of hydroxylamine groups is 1. The first kappa shape index (κ1) is 5.06. The Labute approximate surface area is 43.8 Å². The van der Waals surface area contributed by atoms with E-state index in [1.54, 1.807) is 0 Å². The molecule has 1 N–H and O–H groups in total. The summed E-state index contributed by atoms with van der Waals surface area (Å²) in [5.41, 5.74) is 2.71. The van der Waals surface area contributed by atoms with Crippen LogP contribution in [0.2, 0.25) is 0 Å². The van der Waals surface area contributed by atoms with Crippen molar-refractivity contribution in [3.05, 3.63) is 6.54 Å². The molecule has 0 aromatic carbocycles. The Morgan fingerprint density at radius 1 is 1.86 bits per heavy atom. The summed E-state index contributed by atoms with van der Waals surface area (Å²) in [4.78, 5) is 4.97. The topological polar surface area (TPSA) is 21.3 Å². The molecule has 2 heteroatoms. The molecule has 0 aliphatic carbocycles. The molecule has 0 saturated carbocycles. The highest BCUT2D eigenvalue weighted by Crippen LogP contribution is 2.05. The van der Waals surface area contributed by atoms with Gasteiger partial charge in [0.25, 0.3) is 0 Å². The number of hydrogen-bond donors (Lipinski definition) is 1. The van der Waals surface area contributed by atoms with Gasteiger partial charge in [0.05, 0.1) is 6.10 Å². The highest BCUT2D eigenvalue weighted by Gasteiger charge is 2.06. The van der Waals surface area contributed by atoms with Crippen molar-refractivity contribution in [3.63, 3.8) is 0 Å². The van der Waals surface area contributed by atoms with Crippen LogP contribution in [-0.4, -0.2) is 6.10 Å². The van der Waals surface area contributed by atoms with Gasteiger partial charge in [-0.3, -0.25) is 4.84 Å². The third kappa shape index (κ3) is 1.45. The molecule has 41 valence electrons. The van der Waals surface area contributed by atoms with Crippen molar-refractivity contribution in [2.24, 2.45) is 0 Å². The molecule has 7 heavy (non-hydrogen) atoms. The molecular formula is C5H10NO. The normalized spacial score (nSPS) is 33.0. The second-order valence-electron chi connectivity index (χ2n) is 1.83. The second-order valence-corrected chi connectivity index (χ2v) is 1.83. The van der Waals surface area contributed by atoms with E-state index < -0.39 is 0 Å². The summed E-state index contributed by atoms with van der Waals surface area (Å²) in [7, 11) is 0. The van der Waals surface area contributed by atoms with Crippen LogP contribution < -0.4 is 5.48 Å². The maximum atomic E-state index is 4.97. The predicted molar refractivity (Wildman–Crippen MR) is 27.2 cm³/mol. The van der Waals surface area contributed by atoms with E-state index in [1.807, 2.05) is 6.54 Å². The molecule has 1 heterocycles. The van der Waals surface area contributed by atoms with Crippen LogP contribution in [0.5, 0.6) is 0 Å². The first-order valence-corrected chi connectivity index (χ1v) is 2.62. The van der Waals surface area contributed by atoms with Gasteiger partial charge >= 0.3 is 0 Å². The third-order valence-corrected chi connectivity index (χ3v) is 1.07. The van der Waals surface area contributed by atoms with Gasteiger partial charge in [-0.2, -0.15) is 5.48 Å². The smallest absolute Gasteiger partial charge is 0.0763 e. The Bertz CT molecular complexity index is 50.0. The molecule has 0 aromatic rings. The van der Waals surface area contributed by atoms with Crippen molar-refractivity contribution in [2.45, 2.75) is 25.9 Å². The van der Waals surface area contributed by atoms with Crippen molar-refractivity contribution in [3.8, 4) is 0 Å². The van der Waals surface area contributed by atoms with Gasteiger partial charge in [-0.05, 0) is 19.8 Å². The van der Waals surface area contributed by atoms with E-state index in [0.29, 0.717) is 6.10 Å². The summed E-state index contributed by atoms with van der Waals surface area (Å²) >= 11 is 0. The summed E-state index contributed by atoms with van der Waals surface area (Å²) in [6, 6.07) is 0. The van der Waals surface area contributed by atoms with Crippen molar-refractivity contribution in [2.75, 3.05) is 0 Å². The van der Waals surface area contributed by atoms with Crippen molar-refractivity contribution in [1.29, 1.82) is 0 Å². The molecule has 1 aliphatic heterocycles. The number of rotatable bonds is 0. The lowest BCUT2D eigenvalue weighted by Crippen LogP contribution is -2.24. The Morgan fingerprint density at radius 2 is 2.71 bits per heavy atom. The molecule has 0 amide bonds. The second kappa shape index (κ2) is 2.28. The van der Waals surface area contributed by atoms with E-state index in [0.717, 1.165) is 12.8 Å². The van der Waals surface area contributed by atoms with Gasteiger partial charge in [0.15, 0.2) is 0 Å². The van der Waals surface area contributed by atoms with Gasteiger partial charge < -0.3 is 0 Å². The van der Waals surface area contributed by atoms with Crippen LogP contribution in [0.15, 0.2) is 0 Å². The molecule has 1 atom stereocenters. The van der Waals surface area contributed by atoms with Crippen LogP contribution >= 0.6 is 0 Å². The molecule has 1 saturated heterocycles. The molecule has 1 rings (SSSR count). The monoisotopic (exact) mass is 100 g/mol. The summed E-state index contributed by atoms with van der Waals surface area (Å²) in [5.74, 6) is 0. The fraction of sp³-hybridized carbons (Fsp3) is 0.800. The summed E-state index contributed by atoms with van der Waals surface area (Å²) in [6.45, 7) is 3.99. The zero-order valence-corrected chi connectivity index (χ0v) is 4.48. The molecule has 0 aromatic heterocycles. The minimum Gasteiger partial charge on any atom is -0.298 e. The van der Waals surface area contributed by atoms with Gasteiger partial charge in [0, 0.05) is 6.54 Å². The molecule has 0 spiro atoms. The zero-order valence-electron chi connectivity index (χ0n) is 4.48. The fourth-order valence-corrected chi connectivity index (χ4v) is 0.600. The first-order valence-electron chi connectivity index (χ1n) is 2.62. The first-order chi connectivity index (χ1) is 3.39. The molecule has 0 bridgehead atoms. The predicted octanol–water partition coefficient (Wildman–Crippen LogP) is 0.852. The SMILES string of the molecule is CC1CC[CH]NO1. The van der Waals surface area contributed by atoms with E-state index in [9.17, 15) is 0 Å². The zero-order chi connectivity index (χ0) is 5.11. The van der Waals surface area contributed by atoms with Crippen molar-refractivity contribution < 1.29 is 4.84 Å². The van der Waals surface area contributed by atoms with Gasteiger partial charge in [-0.1, -0.05) is 0 Å². The average molecular weight is 100 g/mol. The summed E-state index contributed by atoms with van der Waals surface area (Å²) < 4.78 is 0. The lowest BCUT2D eigenvalue weighted by atomic mass is 10.2. The Balaban J connectivity index is 2.12. The highest BCUT2D eigenvalue weighted by atomic mass is 16.7. The van der Waals surface area contributed by atoms with E-state index in [2.05, 4.69) is 12.4 Å². The largest absolute Gasteiger partial charge is 0.298 e. The minimum atomic E-state index is 0.394. The van der Waals surface area contributed by atoms with Gasteiger partial charge in [0.1, 0.15) is 0 Å². The van der Waals surface area contributed by atoms with Crippen LogP contribution in [0.25, 0.3) is 0 Å². The van der Waals surface area contributed by atoms with Crippen LogP contribution in [0.4, 0.5) is 0 Å². The molecule has 1 unspecified atom stereocenters. The van der Waals surface area contributed by atoms with E-state index in [-0.39, 0.29) is 0 Å². The maximum absolute atomic E-state index is 4.97. The van der Waals surface area contributed by atoms with Gasteiger partial charge in [-0.15, -0.1) is 0 Å². The Hall–Kier alpha value is -0.0800. The van der Waals surface area contributed by atoms with Crippen molar-refractivity contribution >= 4 is 0 Å². The van der Waals surface area contributed by atoms with Crippen LogP contribution in [0, 0.1) is 6.54 Å². The average Bonchev–Trinajstić information content (AvgIpc) is 1.69. The molecule has 1 aliphatic rings. The van der Waals surface area contributed by atoms with Gasteiger partial charge in [-0.25, -0.2) is 0 Å². The summed E-state index contributed by atoms with van der Waals surface area (Å²) in [5, 5.41) is 0. The molecular weight excluding hydrogens is 90.1 g/mol. The van der Waals surface area contributed by atoms with Crippen LogP contribution in [0.3, 0.4) is 0 Å². The molecule has 1 fully saturated rings. The lowest BCUT2D eigenvalue weighted by Gasteiger charge is -2.17. The van der Waals surface area contributed by atoms with Crippen LogP contribution in [-0.2, 0) is 4.84 Å². The van der Waals surface area contributed by atoms with E-state index >= 15 is 0 Å². The fourth-order valence-electron chi connectivity index (χ4n) is 0.600. The van der Waals surface area contributed by atoms with Crippen LogP contribution in [0.1, 0.15) is 19.8 Å². The number of hydrogen-bond acceptors (Lipinski definition) is 2. The van der Waals surface area contributed by atoms with Crippen molar-refractivity contribution in [1.82, 2.24) is 5.48 Å². The summed E-state index contributed by atoms with van der Waals surface area (Å²) in [6.07, 6.45) is 2.67. The highest BCUT2D eigenvalue weighted by molar-refractivity contribution is 4.64. The molecule has 1 radical (unpaired) electrons. The van der Waals surface area contributed by atoms with E-state index in [4.69, 9.17) is 4.84 Å². The molecule has 2 nitrogen and oxygen atoms in total. The standard InChI is InChI=1S/C5H10NO/c1-5-3-2-4-6-7-5/h4-6H,2-3H2,1H3. The quantitative estimate of drug-likeness (QED) is 0.487. The Kier molecular flexibility index (Phi) is 1.65. The maximum Gasteiger partial charge on any atom is 0.0763 e. The van der Waals surface area contributed by atoms with Gasteiger partial charge in [0.2, 0.25) is 0 Å². The lowest BCUT2D eigenvalue weighted by molar-refractivity contribution is -0.0269. The third-order valence-electron chi connectivity index (χ3n) is 1.07. The van der Waals surface area contributed by atoms with E-state index in [1.165, 1.54) is 0 Å². The minimum absolute atomic E-state index is 0.394.